The third-order valence-electron chi connectivity index (χ3n) is 2.85. The van der Waals surface area contributed by atoms with Crippen molar-refractivity contribution >= 4 is 5.78 Å². The van der Waals surface area contributed by atoms with Crippen LogP contribution in [0.1, 0.15) is 19.3 Å². The molecule has 0 saturated carbocycles. The van der Waals surface area contributed by atoms with E-state index in [0.717, 1.165) is 12.2 Å². The number of ketones is 1. The Balaban J connectivity index is 1.76. The summed E-state index contributed by atoms with van der Waals surface area (Å²) in [5, 5.41) is 9.37. The predicted molar refractivity (Wildman–Crippen MR) is 65.0 cm³/mol. The van der Waals surface area contributed by atoms with Gasteiger partial charge in [-0.25, -0.2) is 0 Å². The van der Waals surface area contributed by atoms with Crippen molar-refractivity contribution in [1.82, 2.24) is 0 Å². The molecule has 90 valence electrons. The van der Waals surface area contributed by atoms with E-state index in [9.17, 15) is 9.90 Å². The van der Waals surface area contributed by atoms with E-state index in [-0.39, 0.29) is 17.5 Å². The fourth-order valence-corrected chi connectivity index (χ4v) is 2.02. The Labute approximate surface area is 101 Å². The van der Waals surface area contributed by atoms with Crippen molar-refractivity contribution in [3.8, 4) is 5.75 Å². The highest BCUT2D eigenvalue weighted by Gasteiger charge is 2.20. The van der Waals surface area contributed by atoms with Crippen LogP contribution >= 0.6 is 0 Å². The summed E-state index contributed by atoms with van der Waals surface area (Å²) in [6.07, 6.45) is 3.22. The van der Waals surface area contributed by atoms with Gasteiger partial charge in [0.05, 0.1) is 12.4 Å². The minimum absolute atomic E-state index is 0.0125. The predicted octanol–water partition coefficient (Wildman–Crippen LogP) is 2.88. The van der Waals surface area contributed by atoms with E-state index in [0.29, 0.717) is 19.4 Å². The molecule has 1 aliphatic carbocycles. The first-order valence-corrected chi connectivity index (χ1v) is 5.84. The molecule has 0 heterocycles. The number of ether oxygens (including phenoxy) is 1. The maximum atomic E-state index is 11.2. The summed E-state index contributed by atoms with van der Waals surface area (Å²) in [6, 6.07) is 9.60. The smallest absolute Gasteiger partial charge is 0.159 e. The summed E-state index contributed by atoms with van der Waals surface area (Å²) in [6.45, 7) is 0.579. The van der Waals surface area contributed by atoms with Crippen LogP contribution in [-0.2, 0) is 4.79 Å². The van der Waals surface area contributed by atoms with Crippen molar-refractivity contribution in [2.45, 2.75) is 19.3 Å². The van der Waals surface area contributed by atoms with E-state index in [1.54, 1.807) is 0 Å². The summed E-state index contributed by atoms with van der Waals surface area (Å²) in [5.41, 5.74) is 0. The molecule has 1 aliphatic rings. The van der Waals surface area contributed by atoms with Gasteiger partial charge in [0.1, 0.15) is 5.75 Å². The van der Waals surface area contributed by atoms with Crippen molar-refractivity contribution in [3.63, 3.8) is 0 Å². The Morgan fingerprint density at radius 3 is 2.71 bits per heavy atom. The Morgan fingerprint density at radius 1 is 1.24 bits per heavy atom. The Kier molecular flexibility index (Phi) is 3.81. The summed E-state index contributed by atoms with van der Waals surface area (Å²) in [7, 11) is 0. The molecule has 3 nitrogen and oxygen atoms in total. The van der Waals surface area contributed by atoms with Crippen LogP contribution in [0.5, 0.6) is 5.75 Å². The maximum Gasteiger partial charge on any atom is 0.159 e. The molecule has 1 atom stereocenters. The van der Waals surface area contributed by atoms with Gasteiger partial charge in [0, 0.05) is 18.9 Å². The molecule has 1 aromatic carbocycles. The molecule has 1 N–H and O–H groups in total. The lowest BCUT2D eigenvalue weighted by molar-refractivity contribution is -0.116. The lowest BCUT2D eigenvalue weighted by Crippen LogP contribution is -2.16. The minimum Gasteiger partial charge on any atom is -0.512 e. The molecule has 3 heteroatoms. The second-order valence-corrected chi connectivity index (χ2v) is 4.33. The molecule has 0 aromatic heterocycles. The number of aliphatic hydroxyl groups excluding tert-OH is 1. The Morgan fingerprint density at radius 2 is 2.00 bits per heavy atom. The SMILES string of the molecule is O=C1C=C(O)CC(CCOc2ccccc2)C1. The van der Waals surface area contributed by atoms with Crippen LogP contribution in [-0.4, -0.2) is 17.5 Å². The molecular weight excluding hydrogens is 216 g/mol. The molecule has 0 fully saturated rings. The average molecular weight is 232 g/mol. The average Bonchev–Trinajstić information content (AvgIpc) is 2.29. The number of allylic oxidation sites excluding steroid dienone is 2. The first-order chi connectivity index (χ1) is 8.24. The van der Waals surface area contributed by atoms with E-state index in [1.807, 2.05) is 30.3 Å². The van der Waals surface area contributed by atoms with Gasteiger partial charge in [-0.05, 0) is 24.5 Å². The van der Waals surface area contributed by atoms with Crippen molar-refractivity contribution in [2.24, 2.45) is 5.92 Å². The van der Waals surface area contributed by atoms with Gasteiger partial charge >= 0.3 is 0 Å². The maximum absolute atomic E-state index is 11.2. The zero-order valence-electron chi connectivity index (χ0n) is 9.63. The quantitative estimate of drug-likeness (QED) is 0.868. The zero-order chi connectivity index (χ0) is 12.1. The summed E-state index contributed by atoms with van der Waals surface area (Å²) in [5.74, 6) is 1.26. The van der Waals surface area contributed by atoms with Crippen LogP contribution in [0.4, 0.5) is 0 Å². The van der Waals surface area contributed by atoms with Gasteiger partial charge in [0.2, 0.25) is 0 Å². The van der Waals surface area contributed by atoms with E-state index < -0.39 is 0 Å². The number of benzene rings is 1. The lowest BCUT2D eigenvalue weighted by atomic mass is 9.90. The van der Waals surface area contributed by atoms with Crippen LogP contribution in [0, 0.1) is 5.92 Å². The molecule has 1 unspecified atom stereocenters. The standard InChI is InChI=1S/C14H16O3/c15-12-8-11(9-13(16)10-12)6-7-17-14-4-2-1-3-5-14/h1-5,10-11,15H,6-9H2. The highest BCUT2D eigenvalue weighted by molar-refractivity contribution is 5.91. The van der Waals surface area contributed by atoms with E-state index in [2.05, 4.69) is 0 Å². The number of para-hydroxylation sites is 1. The third kappa shape index (κ3) is 3.63. The normalized spacial score (nSPS) is 19.9. The van der Waals surface area contributed by atoms with Crippen LogP contribution in [0.15, 0.2) is 42.2 Å². The number of aliphatic hydroxyl groups is 1. The highest BCUT2D eigenvalue weighted by atomic mass is 16.5. The molecule has 0 amide bonds. The minimum atomic E-state index is 0.0125. The number of carbonyl (C=O) groups excluding carboxylic acids is 1. The Hall–Kier alpha value is -1.77. The number of carbonyl (C=O) groups is 1. The topological polar surface area (TPSA) is 46.5 Å². The molecule has 1 aromatic rings. The molecule has 0 aliphatic heterocycles. The molecule has 0 spiro atoms. The van der Waals surface area contributed by atoms with E-state index >= 15 is 0 Å². The molecule has 2 rings (SSSR count). The van der Waals surface area contributed by atoms with Gasteiger partial charge in [-0.2, -0.15) is 0 Å². The fourth-order valence-electron chi connectivity index (χ4n) is 2.02. The molecule has 0 bridgehead atoms. The molecular formula is C14H16O3. The van der Waals surface area contributed by atoms with Crippen molar-refractivity contribution in [2.75, 3.05) is 6.61 Å². The third-order valence-corrected chi connectivity index (χ3v) is 2.85. The second-order valence-electron chi connectivity index (χ2n) is 4.33. The van der Waals surface area contributed by atoms with Crippen molar-refractivity contribution in [3.05, 3.63) is 42.2 Å². The van der Waals surface area contributed by atoms with Crippen LogP contribution in [0.25, 0.3) is 0 Å². The zero-order valence-corrected chi connectivity index (χ0v) is 9.63. The molecule has 0 radical (unpaired) electrons. The summed E-state index contributed by atoms with van der Waals surface area (Å²) >= 11 is 0. The Bertz CT molecular complexity index is 409. The highest BCUT2D eigenvalue weighted by Crippen LogP contribution is 2.23. The van der Waals surface area contributed by atoms with Crippen molar-refractivity contribution < 1.29 is 14.6 Å². The van der Waals surface area contributed by atoms with E-state index in [4.69, 9.17) is 4.74 Å². The number of hydrogen-bond acceptors (Lipinski definition) is 3. The largest absolute Gasteiger partial charge is 0.512 e. The monoisotopic (exact) mass is 232 g/mol. The first-order valence-electron chi connectivity index (χ1n) is 5.84. The second kappa shape index (κ2) is 5.53. The van der Waals surface area contributed by atoms with Crippen LogP contribution in [0.3, 0.4) is 0 Å². The van der Waals surface area contributed by atoms with Gasteiger partial charge in [-0.1, -0.05) is 18.2 Å². The summed E-state index contributed by atoms with van der Waals surface area (Å²) in [4.78, 5) is 11.2. The van der Waals surface area contributed by atoms with E-state index in [1.165, 1.54) is 6.08 Å². The molecule has 0 saturated heterocycles. The van der Waals surface area contributed by atoms with Crippen molar-refractivity contribution in [1.29, 1.82) is 0 Å². The van der Waals surface area contributed by atoms with Gasteiger partial charge < -0.3 is 9.84 Å². The lowest BCUT2D eigenvalue weighted by Gasteiger charge is -2.19. The summed E-state index contributed by atoms with van der Waals surface area (Å²) < 4.78 is 5.57. The molecule has 17 heavy (non-hydrogen) atoms. The first kappa shape index (κ1) is 11.7. The van der Waals surface area contributed by atoms with Gasteiger partial charge in [-0.15, -0.1) is 0 Å². The van der Waals surface area contributed by atoms with Crippen LogP contribution in [0.2, 0.25) is 0 Å². The fraction of sp³-hybridized carbons (Fsp3) is 0.357. The van der Waals surface area contributed by atoms with Crippen LogP contribution < -0.4 is 4.74 Å². The van der Waals surface area contributed by atoms with Gasteiger partial charge in [0.25, 0.3) is 0 Å². The number of hydrogen-bond donors (Lipinski definition) is 1. The van der Waals surface area contributed by atoms with Gasteiger partial charge in [0.15, 0.2) is 5.78 Å². The van der Waals surface area contributed by atoms with Gasteiger partial charge in [-0.3, -0.25) is 4.79 Å². The number of rotatable bonds is 4.